The monoisotopic (exact) mass is 300 g/mol. The van der Waals surface area contributed by atoms with Gasteiger partial charge in [-0.25, -0.2) is 0 Å². The minimum absolute atomic E-state index is 0.118. The van der Waals surface area contributed by atoms with Gasteiger partial charge in [0, 0.05) is 17.1 Å². The average molecular weight is 300 g/mol. The smallest absolute Gasteiger partial charge is 0.227 e. The molecule has 4 heteroatoms. The van der Waals surface area contributed by atoms with Crippen LogP contribution >= 0.6 is 12.6 Å². The lowest BCUT2D eigenvalue weighted by atomic mass is 10.1. The van der Waals surface area contributed by atoms with Crippen LogP contribution in [0.3, 0.4) is 0 Å². The maximum atomic E-state index is 12.4. The van der Waals surface area contributed by atoms with Crippen molar-refractivity contribution in [1.29, 1.82) is 0 Å². The van der Waals surface area contributed by atoms with Crippen molar-refractivity contribution in [1.82, 2.24) is 9.88 Å². The van der Waals surface area contributed by atoms with Crippen LogP contribution in [-0.2, 0) is 17.8 Å². The van der Waals surface area contributed by atoms with E-state index in [1.165, 1.54) is 0 Å². The highest BCUT2D eigenvalue weighted by molar-refractivity contribution is 7.80. The molecule has 0 unspecified atom stereocenters. The Labute approximate surface area is 131 Å². The van der Waals surface area contributed by atoms with Gasteiger partial charge in [-0.15, -0.1) is 12.6 Å². The molecule has 0 N–H and O–H groups in total. The zero-order valence-corrected chi connectivity index (χ0v) is 13.3. The second kappa shape index (κ2) is 7.27. The molecule has 0 aliphatic heterocycles. The molecule has 0 aliphatic rings. The zero-order chi connectivity index (χ0) is 15.2. The number of aryl methyl sites for hydroxylation is 1. The van der Waals surface area contributed by atoms with Gasteiger partial charge in [-0.05, 0) is 43.7 Å². The molecule has 3 nitrogen and oxygen atoms in total. The Hall–Kier alpha value is -1.81. The van der Waals surface area contributed by atoms with Gasteiger partial charge in [-0.2, -0.15) is 0 Å². The fraction of sp³-hybridized carbons (Fsp3) is 0.294. The summed E-state index contributed by atoms with van der Waals surface area (Å²) in [6.45, 7) is 5.19. The first-order chi connectivity index (χ1) is 10.1. The summed E-state index contributed by atoms with van der Waals surface area (Å²) in [6, 6.07) is 13.6. The van der Waals surface area contributed by atoms with Crippen LogP contribution in [0, 0.1) is 6.92 Å². The van der Waals surface area contributed by atoms with Gasteiger partial charge in [0.2, 0.25) is 5.91 Å². The van der Waals surface area contributed by atoms with E-state index < -0.39 is 0 Å². The number of likely N-dealkylation sites (N-methyl/N-ethyl adjacent to an activating group) is 1. The van der Waals surface area contributed by atoms with E-state index in [9.17, 15) is 4.79 Å². The largest absolute Gasteiger partial charge is 0.337 e. The topological polar surface area (TPSA) is 33.2 Å². The van der Waals surface area contributed by atoms with Crippen molar-refractivity contribution >= 4 is 18.5 Å². The average Bonchev–Trinajstić information content (AvgIpc) is 2.47. The van der Waals surface area contributed by atoms with E-state index in [0.717, 1.165) is 21.8 Å². The number of carbonyl (C=O) groups is 1. The summed E-state index contributed by atoms with van der Waals surface area (Å²) in [5.41, 5.74) is 2.91. The number of nitrogens with zero attached hydrogens (tertiary/aromatic N) is 2. The number of benzene rings is 1. The van der Waals surface area contributed by atoms with Crippen molar-refractivity contribution < 1.29 is 4.79 Å². The highest BCUT2D eigenvalue weighted by Gasteiger charge is 2.13. The Balaban J connectivity index is 2.03. The Morgan fingerprint density at radius 1 is 1.19 bits per heavy atom. The first-order valence-corrected chi connectivity index (χ1v) is 7.51. The van der Waals surface area contributed by atoms with Gasteiger partial charge in [0.1, 0.15) is 0 Å². The van der Waals surface area contributed by atoms with Gasteiger partial charge < -0.3 is 4.90 Å². The summed E-state index contributed by atoms with van der Waals surface area (Å²) in [6.07, 6.45) is 0.410. The molecule has 1 amide bonds. The summed E-state index contributed by atoms with van der Waals surface area (Å²) in [5.74, 6) is 0.118. The van der Waals surface area contributed by atoms with Crippen LogP contribution in [-0.4, -0.2) is 22.3 Å². The number of rotatable bonds is 5. The molecule has 2 aromatic rings. The predicted octanol–water partition coefficient (Wildman–Crippen LogP) is 3.27. The third-order valence-corrected chi connectivity index (χ3v) is 3.62. The van der Waals surface area contributed by atoms with E-state index in [1.807, 2.05) is 61.2 Å². The number of hydrogen-bond donors (Lipinski definition) is 1. The summed E-state index contributed by atoms with van der Waals surface area (Å²) >= 11 is 4.25. The molecular formula is C17H20N2OS. The molecule has 0 atom stereocenters. The SMILES string of the molecule is CCN(Cc1cccc(C)n1)C(=O)Cc1ccc(S)cc1. The molecule has 110 valence electrons. The van der Waals surface area contributed by atoms with Crippen molar-refractivity contribution in [2.45, 2.75) is 31.7 Å². The quantitative estimate of drug-likeness (QED) is 0.860. The summed E-state index contributed by atoms with van der Waals surface area (Å²) < 4.78 is 0. The van der Waals surface area contributed by atoms with E-state index in [2.05, 4.69) is 17.6 Å². The maximum Gasteiger partial charge on any atom is 0.227 e. The van der Waals surface area contributed by atoms with Crippen LogP contribution < -0.4 is 0 Å². The van der Waals surface area contributed by atoms with E-state index in [1.54, 1.807) is 0 Å². The fourth-order valence-electron chi connectivity index (χ4n) is 2.16. The molecule has 1 heterocycles. The second-order valence-corrected chi connectivity index (χ2v) is 5.54. The first kappa shape index (κ1) is 15.6. The Morgan fingerprint density at radius 3 is 2.52 bits per heavy atom. The number of hydrogen-bond acceptors (Lipinski definition) is 3. The summed E-state index contributed by atoms with van der Waals surface area (Å²) in [7, 11) is 0. The minimum atomic E-state index is 0.118. The molecule has 1 aromatic heterocycles. The fourth-order valence-corrected chi connectivity index (χ4v) is 2.31. The van der Waals surface area contributed by atoms with E-state index >= 15 is 0 Å². The van der Waals surface area contributed by atoms with Gasteiger partial charge in [0.05, 0.1) is 18.7 Å². The van der Waals surface area contributed by atoms with Crippen LogP contribution in [0.4, 0.5) is 0 Å². The van der Waals surface area contributed by atoms with Crippen molar-refractivity contribution in [2.24, 2.45) is 0 Å². The maximum absolute atomic E-state index is 12.4. The third-order valence-electron chi connectivity index (χ3n) is 3.32. The molecule has 0 spiro atoms. The molecule has 0 fully saturated rings. The van der Waals surface area contributed by atoms with Gasteiger partial charge in [-0.1, -0.05) is 18.2 Å². The molecule has 0 saturated carbocycles. The van der Waals surface area contributed by atoms with E-state index in [0.29, 0.717) is 19.5 Å². The third kappa shape index (κ3) is 4.60. The number of amides is 1. The van der Waals surface area contributed by atoms with Crippen LogP contribution in [0.1, 0.15) is 23.9 Å². The van der Waals surface area contributed by atoms with Gasteiger partial charge in [0.25, 0.3) is 0 Å². The van der Waals surface area contributed by atoms with Crippen molar-refractivity contribution in [2.75, 3.05) is 6.54 Å². The number of aromatic nitrogens is 1. The molecule has 0 saturated heterocycles. The molecular weight excluding hydrogens is 280 g/mol. The highest BCUT2D eigenvalue weighted by atomic mass is 32.1. The number of carbonyl (C=O) groups excluding carboxylic acids is 1. The van der Waals surface area contributed by atoms with Crippen LogP contribution in [0.15, 0.2) is 47.4 Å². The van der Waals surface area contributed by atoms with Crippen molar-refractivity contribution in [3.8, 4) is 0 Å². The second-order valence-electron chi connectivity index (χ2n) is 5.02. The molecule has 1 aromatic carbocycles. The van der Waals surface area contributed by atoms with Crippen molar-refractivity contribution in [3.63, 3.8) is 0 Å². The Kier molecular flexibility index (Phi) is 5.39. The normalized spacial score (nSPS) is 10.4. The Morgan fingerprint density at radius 2 is 1.90 bits per heavy atom. The van der Waals surface area contributed by atoms with Gasteiger partial charge in [0.15, 0.2) is 0 Å². The van der Waals surface area contributed by atoms with Crippen LogP contribution in [0.2, 0.25) is 0 Å². The minimum Gasteiger partial charge on any atom is -0.337 e. The first-order valence-electron chi connectivity index (χ1n) is 7.06. The standard InChI is InChI=1S/C17H20N2OS/c1-3-19(12-15-6-4-5-13(2)18-15)17(20)11-14-7-9-16(21)10-8-14/h4-10,21H,3,11-12H2,1-2H3. The molecule has 2 rings (SSSR count). The molecule has 21 heavy (non-hydrogen) atoms. The summed E-state index contributed by atoms with van der Waals surface area (Å²) in [5, 5.41) is 0. The van der Waals surface area contributed by atoms with Crippen LogP contribution in [0.25, 0.3) is 0 Å². The zero-order valence-electron chi connectivity index (χ0n) is 12.4. The van der Waals surface area contributed by atoms with Gasteiger partial charge in [-0.3, -0.25) is 9.78 Å². The lowest BCUT2D eigenvalue weighted by molar-refractivity contribution is -0.130. The predicted molar refractivity (Wildman–Crippen MR) is 87.5 cm³/mol. The van der Waals surface area contributed by atoms with E-state index in [4.69, 9.17) is 0 Å². The number of pyridine rings is 1. The highest BCUT2D eigenvalue weighted by Crippen LogP contribution is 2.11. The van der Waals surface area contributed by atoms with E-state index in [-0.39, 0.29) is 5.91 Å². The van der Waals surface area contributed by atoms with Crippen LogP contribution in [0.5, 0.6) is 0 Å². The van der Waals surface area contributed by atoms with Gasteiger partial charge >= 0.3 is 0 Å². The molecule has 0 aliphatic carbocycles. The Bertz CT molecular complexity index is 610. The number of thiol groups is 1. The molecule has 0 radical (unpaired) electrons. The molecule has 0 bridgehead atoms. The lowest BCUT2D eigenvalue weighted by Crippen LogP contribution is -2.32. The van der Waals surface area contributed by atoms with Crippen molar-refractivity contribution in [3.05, 3.63) is 59.4 Å². The lowest BCUT2D eigenvalue weighted by Gasteiger charge is -2.20. The summed E-state index contributed by atoms with van der Waals surface area (Å²) in [4.78, 5) is 19.6.